The van der Waals surface area contributed by atoms with Crippen molar-refractivity contribution in [2.24, 2.45) is 5.73 Å². The molecule has 120 valence electrons. The summed E-state index contributed by atoms with van der Waals surface area (Å²) >= 11 is 0. The number of nitrogens with one attached hydrogen (secondary N) is 1. The highest BCUT2D eigenvalue weighted by Crippen LogP contribution is 2.23. The Kier molecular flexibility index (Phi) is 3.85. The van der Waals surface area contributed by atoms with Crippen LogP contribution < -0.4 is 5.73 Å². The van der Waals surface area contributed by atoms with Crippen LogP contribution in [0.3, 0.4) is 0 Å². The van der Waals surface area contributed by atoms with Crippen molar-refractivity contribution in [2.45, 2.75) is 25.3 Å². The third kappa shape index (κ3) is 2.75. The number of benzene rings is 1. The zero-order chi connectivity index (χ0) is 15.6. The topological polar surface area (TPSA) is 75.8 Å². The fraction of sp³-hybridized carbons (Fsp3) is 0.412. The van der Waals surface area contributed by atoms with Crippen LogP contribution in [0.4, 0.5) is 0 Å². The van der Waals surface area contributed by atoms with Crippen LogP contribution in [0.1, 0.15) is 18.4 Å². The standard InChI is InChI=1S/C17H22N6/c18-9-15-2-1-6-22(15)7-5-13-10-19-17-4-3-14(8-16(13)17)23-11-20-21-12-23/h3-4,8,10-12,15,19H,1-2,5-7,9,18H2. The molecule has 1 atom stereocenters. The lowest BCUT2D eigenvalue weighted by atomic mass is 10.1. The van der Waals surface area contributed by atoms with E-state index in [1.54, 1.807) is 12.7 Å². The molecule has 0 spiro atoms. The molecule has 0 saturated carbocycles. The largest absolute Gasteiger partial charge is 0.361 e. The molecule has 23 heavy (non-hydrogen) atoms. The summed E-state index contributed by atoms with van der Waals surface area (Å²) in [5, 5.41) is 9.04. The SMILES string of the molecule is NCC1CCCN1CCc1c[nH]c2ccc(-n3cnnc3)cc12. The number of H-pyrrole nitrogens is 1. The fourth-order valence-corrected chi connectivity index (χ4v) is 3.59. The van der Waals surface area contributed by atoms with E-state index in [9.17, 15) is 0 Å². The zero-order valence-corrected chi connectivity index (χ0v) is 13.2. The Morgan fingerprint density at radius 1 is 1.26 bits per heavy atom. The minimum absolute atomic E-state index is 0.563. The van der Waals surface area contributed by atoms with Gasteiger partial charge >= 0.3 is 0 Å². The maximum atomic E-state index is 5.88. The minimum atomic E-state index is 0.563. The van der Waals surface area contributed by atoms with Gasteiger partial charge in [0.2, 0.25) is 0 Å². The van der Waals surface area contributed by atoms with Gasteiger partial charge in [-0.05, 0) is 49.6 Å². The van der Waals surface area contributed by atoms with E-state index < -0.39 is 0 Å². The maximum Gasteiger partial charge on any atom is 0.123 e. The first-order valence-electron chi connectivity index (χ1n) is 8.24. The van der Waals surface area contributed by atoms with Crippen LogP contribution in [0, 0.1) is 0 Å². The summed E-state index contributed by atoms with van der Waals surface area (Å²) in [7, 11) is 0. The molecule has 3 N–H and O–H groups in total. The van der Waals surface area contributed by atoms with Crippen LogP contribution in [0.15, 0.2) is 37.1 Å². The van der Waals surface area contributed by atoms with Crippen molar-refractivity contribution >= 4 is 10.9 Å². The number of rotatable bonds is 5. The van der Waals surface area contributed by atoms with Crippen molar-refractivity contribution in [2.75, 3.05) is 19.6 Å². The summed E-state index contributed by atoms with van der Waals surface area (Å²) in [4.78, 5) is 5.91. The van der Waals surface area contributed by atoms with E-state index in [0.29, 0.717) is 6.04 Å². The number of hydrogen-bond acceptors (Lipinski definition) is 4. The summed E-state index contributed by atoms with van der Waals surface area (Å²) in [5.74, 6) is 0. The monoisotopic (exact) mass is 310 g/mol. The van der Waals surface area contributed by atoms with Gasteiger partial charge in [-0.1, -0.05) is 0 Å². The maximum absolute atomic E-state index is 5.88. The molecular weight excluding hydrogens is 288 g/mol. The Balaban J connectivity index is 1.56. The number of nitrogens with two attached hydrogens (primary N) is 1. The van der Waals surface area contributed by atoms with Gasteiger partial charge in [0.05, 0.1) is 0 Å². The third-order valence-corrected chi connectivity index (χ3v) is 4.91. The highest BCUT2D eigenvalue weighted by molar-refractivity contribution is 5.85. The first kappa shape index (κ1) is 14.4. The van der Waals surface area contributed by atoms with E-state index in [4.69, 9.17) is 5.73 Å². The predicted molar refractivity (Wildman–Crippen MR) is 90.6 cm³/mol. The lowest BCUT2D eigenvalue weighted by Gasteiger charge is -2.22. The average molecular weight is 310 g/mol. The molecule has 6 nitrogen and oxygen atoms in total. The second-order valence-electron chi connectivity index (χ2n) is 6.23. The zero-order valence-electron chi connectivity index (χ0n) is 13.2. The van der Waals surface area contributed by atoms with Crippen LogP contribution >= 0.6 is 0 Å². The Hall–Kier alpha value is -2.18. The molecule has 3 heterocycles. The van der Waals surface area contributed by atoms with Gasteiger partial charge in [-0.15, -0.1) is 10.2 Å². The number of aromatic nitrogens is 4. The Morgan fingerprint density at radius 3 is 2.96 bits per heavy atom. The van der Waals surface area contributed by atoms with Gasteiger partial charge in [0.15, 0.2) is 0 Å². The molecule has 0 radical (unpaired) electrons. The Labute approximate surface area is 135 Å². The van der Waals surface area contributed by atoms with E-state index in [1.165, 1.54) is 35.9 Å². The van der Waals surface area contributed by atoms with Gasteiger partial charge in [0.25, 0.3) is 0 Å². The molecule has 0 bridgehead atoms. The average Bonchev–Trinajstić information content (AvgIpc) is 3.32. The molecular formula is C17H22N6. The smallest absolute Gasteiger partial charge is 0.123 e. The summed E-state index contributed by atoms with van der Waals surface area (Å²) < 4.78 is 1.93. The van der Waals surface area contributed by atoms with Crippen LogP contribution in [0.25, 0.3) is 16.6 Å². The summed E-state index contributed by atoms with van der Waals surface area (Å²) in [6.45, 7) is 3.02. The normalized spacial score (nSPS) is 18.9. The Morgan fingerprint density at radius 2 is 2.13 bits per heavy atom. The molecule has 1 saturated heterocycles. The quantitative estimate of drug-likeness (QED) is 0.752. The Bertz CT molecular complexity index is 776. The first-order valence-corrected chi connectivity index (χ1v) is 8.24. The van der Waals surface area contributed by atoms with Gasteiger partial charge in [0.1, 0.15) is 12.7 Å². The summed E-state index contributed by atoms with van der Waals surface area (Å²) in [6.07, 6.45) is 9.14. The van der Waals surface area contributed by atoms with Gasteiger partial charge in [0, 0.05) is 41.9 Å². The van der Waals surface area contributed by atoms with Crippen molar-refractivity contribution in [3.8, 4) is 5.69 Å². The number of fused-ring (bicyclic) bond motifs is 1. The second kappa shape index (κ2) is 6.14. The molecule has 3 aromatic rings. The molecule has 1 fully saturated rings. The van der Waals surface area contributed by atoms with Gasteiger partial charge in [-0.2, -0.15) is 0 Å². The van der Waals surface area contributed by atoms with E-state index >= 15 is 0 Å². The number of hydrogen-bond donors (Lipinski definition) is 2. The third-order valence-electron chi connectivity index (χ3n) is 4.91. The van der Waals surface area contributed by atoms with Crippen molar-refractivity contribution < 1.29 is 0 Å². The van der Waals surface area contributed by atoms with Crippen LogP contribution in [0.5, 0.6) is 0 Å². The summed E-state index contributed by atoms with van der Waals surface area (Å²) in [6, 6.07) is 6.96. The van der Waals surface area contributed by atoms with Crippen molar-refractivity contribution in [1.82, 2.24) is 24.6 Å². The molecule has 1 unspecified atom stereocenters. The highest BCUT2D eigenvalue weighted by atomic mass is 15.2. The number of likely N-dealkylation sites (tertiary alicyclic amines) is 1. The van der Waals surface area contributed by atoms with E-state index in [1.807, 2.05) is 4.57 Å². The van der Waals surface area contributed by atoms with E-state index in [0.717, 1.165) is 25.2 Å². The molecule has 1 aliphatic heterocycles. The van der Waals surface area contributed by atoms with E-state index in [-0.39, 0.29) is 0 Å². The molecule has 1 aromatic carbocycles. The molecule has 0 aliphatic carbocycles. The summed E-state index contributed by atoms with van der Waals surface area (Å²) in [5.41, 5.74) is 9.50. The van der Waals surface area contributed by atoms with Crippen LogP contribution in [-0.4, -0.2) is 50.3 Å². The molecule has 0 amide bonds. The molecule has 4 rings (SSSR count). The lowest BCUT2D eigenvalue weighted by Crippen LogP contribution is -2.36. The van der Waals surface area contributed by atoms with Crippen molar-refractivity contribution in [3.05, 3.63) is 42.6 Å². The molecule has 1 aliphatic rings. The number of aromatic amines is 1. The highest BCUT2D eigenvalue weighted by Gasteiger charge is 2.22. The number of nitrogens with zero attached hydrogens (tertiary/aromatic N) is 4. The minimum Gasteiger partial charge on any atom is -0.361 e. The fourth-order valence-electron chi connectivity index (χ4n) is 3.59. The van der Waals surface area contributed by atoms with Crippen LogP contribution in [0.2, 0.25) is 0 Å². The predicted octanol–water partition coefficient (Wildman–Crippen LogP) is 1.71. The second-order valence-corrected chi connectivity index (χ2v) is 6.23. The lowest BCUT2D eigenvalue weighted by molar-refractivity contribution is 0.262. The van der Waals surface area contributed by atoms with Crippen molar-refractivity contribution in [1.29, 1.82) is 0 Å². The first-order chi connectivity index (χ1) is 11.3. The van der Waals surface area contributed by atoms with Crippen LogP contribution in [-0.2, 0) is 6.42 Å². The molecule has 2 aromatic heterocycles. The van der Waals surface area contributed by atoms with Gasteiger partial charge < -0.3 is 10.7 Å². The van der Waals surface area contributed by atoms with Crippen molar-refractivity contribution in [3.63, 3.8) is 0 Å². The molecule has 6 heteroatoms. The van der Waals surface area contributed by atoms with Gasteiger partial charge in [-0.3, -0.25) is 9.47 Å². The van der Waals surface area contributed by atoms with Gasteiger partial charge in [-0.25, -0.2) is 0 Å². The van der Waals surface area contributed by atoms with E-state index in [2.05, 4.69) is 44.5 Å².